The highest BCUT2D eigenvalue weighted by molar-refractivity contribution is 7.23. The van der Waals surface area contributed by atoms with Gasteiger partial charge in [-0.1, -0.05) is 23.5 Å². The van der Waals surface area contributed by atoms with E-state index in [1.165, 1.54) is 17.4 Å². The maximum atomic E-state index is 14.3. The first-order valence-corrected chi connectivity index (χ1v) is 11.9. The molecule has 10 heteroatoms. The molecule has 4 aromatic rings. The number of anilines is 1. The Morgan fingerprint density at radius 3 is 2.72 bits per heavy atom. The minimum atomic E-state index is -0.733. The molecule has 32 heavy (non-hydrogen) atoms. The Kier molecular flexibility index (Phi) is 6.09. The van der Waals surface area contributed by atoms with Crippen molar-refractivity contribution in [2.24, 2.45) is 0 Å². The number of para-hydroxylation sites is 1. The molecule has 2 aromatic heterocycles. The number of carbonyl (C=O) groups is 1. The van der Waals surface area contributed by atoms with Crippen molar-refractivity contribution >= 4 is 54.1 Å². The second-order valence-electron chi connectivity index (χ2n) is 7.48. The number of rotatable bonds is 6. The Morgan fingerprint density at radius 2 is 1.91 bits per heavy atom. The van der Waals surface area contributed by atoms with Crippen LogP contribution in [0.1, 0.15) is 16.2 Å². The smallest absolute Gasteiger partial charge is 0.289 e. The van der Waals surface area contributed by atoms with Gasteiger partial charge in [0.1, 0.15) is 11.3 Å². The lowest BCUT2D eigenvalue weighted by molar-refractivity contribution is 0.0376. The van der Waals surface area contributed by atoms with Crippen LogP contribution in [-0.4, -0.2) is 60.2 Å². The van der Waals surface area contributed by atoms with Crippen LogP contribution in [0.2, 0.25) is 0 Å². The number of nitrogens with zero attached hydrogens (tertiary/aromatic N) is 4. The quantitative estimate of drug-likeness (QED) is 0.410. The average Bonchev–Trinajstić information content (AvgIpc) is 3.41. The van der Waals surface area contributed by atoms with Crippen LogP contribution in [0, 0.1) is 11.6 Å². The van der Waals surface area contributed by atoms with E-state index in [9.17, 15) is 13.6 Å². The number of carbonyl (C=O) groups excluding carboxylic acids is 1. The molecule has 1 aliphatic heterocycles. The Morgan fingerprint density at radius 1 is 1.09 bits per heavy atom. The fraction of sp³-hybridized carbons (Fsp3) is 0.318. The van der Waals surface area contributed by atoms with Crippen molar-refractivity contribution < 1.29 is 18.3 Å². The third-order valence-electron chi connectivity index (χ3n) is 5.31. The predicted molar refractivity (Wildman–Crippen MR) is 123 cm³/mol. The third-order valence-corrected chi connectivity index (χ3v) is 7.36. The number of ether oxygens (including phenoxy) is 1. The van der Waals surface area contributed by atoms with Crippen molar-refractivity contribution in [3.8, 4) is 0 Å². The minimum Gasteiger partial charge on any atom is -0.379 e. The first kappa shape index (κ1) is 21.3. The van der Waals surface area contributed by atoms with Crippen molar-refractivity contribution in [2.45, 2.75) is 6.42 Å². The summed E-state index contributed by atoms with van der Waals surface area (Å²) in [5, 5.41) is 0.694. The Bertz CT molecular complexity index is 1240. The normalized spacial score (nSPS) is 14.9. The van der Waals surface area contributed by atoms with Crippen LogP contribution in [0.15, 0.2) is 36.4 Å². The molecular formula is C22H20F2N4O2S2. The third kappa shape index (κ3) is 4.36. The molecule has 0 radical (unpaired) electrons. The van der Waals surface area contributed by atoms with Gasteiger partial charge in [0.05, 0.1) is 28.1 Å². The van der Waals surface area contributed by atoms with Gasteiger partial charge in [-0.15, -0.1) is 11.3 Å². The highest BCUT2D eigenvalue weighted by Gasteiger charge is 2.25. The Labute approximate surface area is 191 Å². The van der Waals surface area contributed by atoms with E-state index < -0.39 is 11.6 Å². The van der Waals surface area contributed by atoms with Crippen LogP contribution in [0.5, 0.6) is 0 Å². The highest BCUT2D eigenvalue weighted by atomic mass is 32.1. The zero-order valence-electron chi connectivity index (χ0n) is 17.1. The second-order valence-corrected chi connectivity index (χ2v) is 9.52. The van der Waals surface area contributed by atoms with Gasteiger partial charge in [-0.05, 0) is 24.6 Å². The summed E-state index contributed by atoms with van der Waals surface area (Å²) in [6.07, 6.45) is 0.712. The monoisotopic (exact) mass is 474 g/mol. The van der Waals surface area contributed by atoms with Crippen molar-refractivity contribution in [1.82, 2.24) is 14.9 Å². The molecule has 2 aromatic carbocycles. The van der Waals surface area contributed by atoms with Gasteiger partial charge in [-0.3, -0.25) is 14.6 Å². The fourth-order valence-corrected chi connectivity index (χ4v) is 5.65. The standard InChI is InChI=1S/C22H20F2N4O2S2/c23-14-12-15(24)19-18(13-14)32-22(26-19)28(7-3-6-27-8-10-30-11-9-27)21(29)20-25-16-4-1-2-5-17(16)31-20/h1-2,4-5,12-13H,3,6-11H2. The van der Waals surface area contributed by atoms with Crippen LogP contribution in [0.4, 0.5) is 13.9 Å². The lowest BCUT2D eigenvalue weighted by atomic mass is 10.3. The van der Waals surface area contributed by atoms with Crippen molar-refractivity contribution in [3.63, 3.8) is 0 Å². The van der Waals surface area contributed by atoms with E-state index in [1.54, 1.807) is 4.90 Å². The van der Waals surface area contributed by atoms with Gasteiger partial charge < -0.3 is 4.74 Å². The summed E-state index contributed by atoms with van der Waals surface area (Å²) in [6, 6.07) is 9.61. The molecule has 0 bridgehead atoms. The summed E-state index contributed by atoms with van der Waals surface area (Å²) < 4.78 is 34.6. The number of thiazole rings is 2. The van der Waals surface area contributed by atoms with Gasteiger partial charge >= 0.3 is 0 Å². The number of aromatic nitrogens is 2. The number of morpholine rings is 1. The fourth-order valence-electron chi connectivity index (χ4n) is 3.70. The number of halogens is 2. The van der Waals surface area contributed by atoms with Gasteiger partial charge in [0.15, 0.2) is 16.0 Å². The van der Waals surface area contributed by atoms with Gasteiger partial charge in [-0.2, -0.15) is 0 Å². The van der Waals surface area contributed by atoms with Crippen LogP contribution >= 0.6 is 22.7 Å². The first-order valence-electron chi connectivity index (χ1n) is 10.3. The SMILES string of the molecule is O=C(c1nc2ccccc2s1)N(CCCN1CCOCC1)c1nc2c(F)cc(F)cc2s1. The maximum absolute atomic E-state index is 14.3. The predicted octanol–water partition coefficient (Wildman–Crippen LogP) is 4.55. The van der Waals surface area contributed by atoms with Crippen molar-refractivity contribution in [1.29, 1.82) is 0 Å². The highest BCUT2D eigenvalue weighted by Crippen LogP contribution is 2.33. The lowest BCUT2D eigenvalue weighted by Gasteiger charge is -2.27. The number of hydrogen-bond donors (Lipinski definition) is 0. The molecule has 1 fully saturated rings. The summed E-state index contributed by atoms with van der Waals surface area (Å²) in [6.45, 7) is 4.33. The summed E-state index contributed by atoms with van der Waals surface area (Å²) in [5.41, 5.74) is 0.827. The second kappa shape index (κ2) is 9.14. The topological polar surface area (TPSA) is 58.6 Å². The number of benzene rings is 2. The zero-order valence-corrected chi connectivity index (χ0v) is 18.7. The van der Waals surface area contributed by atoms with E-state index in [0.717, 1.165) is 47.3 Å². The molecule has 5 rings (SSSR count). The molecule has 0 N–H and O–H groups in total. The first-order chi connectivity index (χ1) is 15.6. The van der Waals surface area contributed by atoms with Gasteiger partial charge in [0.25, 0.3) is 5.91 Å². The van der Waals surface area contributed by atoms with E-state index >= 15 is 0 Å². The van der Waals surface area contributed by atoms with E-state index in [2.05, 4.69) is 14.9 Å². The van der Waals surface area contributed by atoms with Crippen LogP contribution in [0.3, 0.4) is 0 Å². The molecule has 0 unspecified atom stereocenters. The van der Waals surface area contributed by atoms with Gasteiger partial charge in [0.2, 0.25) is 0 Å². The van der Waals surface area contributed by atoms with E-state index in [1.807, 2.05) is 24.3 Å². The van der Waals surface area contributed by atoms with Crippen LogP contribution < -0.4 is 4.90 Å². The van der Waals surface area contributed by atoms with Crippen LogP contribution in [0.25, 0.3) is 20.4 Å². The molecule has 0 saturated carbocycles. The van der Waals surface area contributed by atoms with E-state index in [4.69, 9.17) is 4.74 Å². The summed E-state index contributed by atoms with van der Waals surface area (Å²) in [7, 11) is 0. The van der Waals surface area contributed by atoms with Crippen molar-refractivity contribution in [2.75, 3.05) is 44.3 Å². The molecular weight excluding hydrogens is 454 g/mol. The molecule has 6 nitrogen and oxygen atoms in total. The summed E-state index contributed by atoms with van der Waals surface area (Å²) in [5.74, 6) is -1.68. The number of fused-ring (bicyclic) bond motifs is 2. The number of amides is 1. The number of hydrogen-bond acceptors (Lipinski definition) is 7. The molecule has 0 spiro atoms. The minimum absolute atomic E-state index is 0.0710. The lowest BCUT2D eigenvalue weighted by Crippen LogP contribution is -2.39. The molecule has 1 aliphatic rings. The summed E-state index contributed by atoms with van der Waals surface area (Å²) >= 11 is 2.42. The van der Waals surface area contributed by atoms with E-state index in [0.29, 0.717) is 41.0 Å². The molecule has 166 valence electrons. The van der Waals surface area contributed by atoms with Crippen LogP contribution in [-0.2, 0) is 4.74 Å². The Balaban J connectivity index is 1.45. The molecule has 1 saturated heterocycles. The van der Waals surface area contributed by atoms with E-state index in [-0.39, 0.29) is 11.4 Å². The zero-order chi connectivity index (χ0) is 22.1. The van der Waals surface area contributed by atoms with Gasteiger partial charge in [0, 0.05) is 32.2 Å². The molecule has 0 atom stereocenters. The average molecular weight is 475 g/mol. The largest absolute Gasteiger partial charge is 0.379 e. The Hall–Kier alpha value is -2.53. The molecule has 1 amide bonds. The van der Waals surface area contributed by atoms with Crippen molar-refractivity contribution in [3.05, 3.63) is 53.0 Å². The summed E-state index contributed by atoms with van der Waals surface area (Å²) in [4.78, 5) is 26.1. The molecule has 3 heterocycles. The molecule has 0 aliphatic carbocycles. The maximum Gasteiger partial charge on any atom is 0.289 e. The van der Waals surface area contributed by atoms with Gasteiger partial charge in [-0.25, -0.2) is 18.7 Å².